The number of rotatable bonds is 6. The zero-order valence-electron chi connectivity index (χ0n) is 11.5. The maximum absolute atomic E-state index is 9.98. The molecule has 1 aliphatic heterocycles. The number of aliphatic hydroxyl groups is 1. The molecule has 0 bridgehead atoms. The number of fused-ring (bicyclic) bond motifs is 1. The molecule has 0 radical (unpaired) electrons. The Morgan fingerprint density at radius 2 is 2.22 bits per heavy atom. The number of hydrogen-bond acceptors (Lipinski definition) is 2. The van der Waals surface area contributed by atoms with Gasteiger partial charge in [0.05, 0.1) is 12.7 Å². The van der Waals surface area contributed by atoms with E-state index in [1.807, 2.05) is 0 Å². The third kappa shape index (κ3) is 3.49. The lowest BCUT2D eigenvalue weighted by Crippen LogP contribution is -2.12. The van der Waals surface area contributed by atoms with Crippen molar-refractivity contribution < 1.29 is 9.84 Å². The van der Waals surface area contributed by atoms with Crippen molar-refractivity contribution in [1.29, 1.82) is 0 Å². The maximum Gasteiger partial charge on any atom is 0.122 e. The van der Waals surface area contributed by atoms with Crippen molar-refractivity contribution in [2.45, 2.75) is 52.1 Å². The van der Waals surface area contributed by atoms with Gasteiger partial charge in [-0.05, 0) is 42.4 Å². The Morgan fingerprint density at radius 3 is 3.00 bits per heavy atom. The van der Waals surface area contributed by atoms with Crippen molar-refractivity contribution in [3.05, 3.63) is 29.3 Å². The van der Waals surface area contributed by atoms with Crippen molar-refractivity contribution in [3.63, 3.8) is 0 Å². The molecule has 0 aromatic heterocycles. The van der Waals surface area contributed by atoms with Crippen molar-refractivity contribution in [1.82, 2.24) is 0 Å². The third-order valence-electron chi connectivity index (χ3n) is 3.89. The Bertz CT molecular complexity index is 387. The number of aliphatic hydroxyl groups excluding tert-OH is 1. The predicted octanol–water partition coefficient (Wildman–Crippen LogP) is 3.35. The molecule has 2 unspecified atom stereocenters. The van der Waals surface area contributed by atoms with Crippen LogP contribution in [0.25, 0.3) is 0 Å². The molecule has 1 aromatic carbocycles. The van der Waals surface area contributed by atoms with Crippen LogP contribution >= 0.6 is 0 Å². The number of benzene rings is 1. The second-order valence-corrected chi connectivity index (χ2v) is 5.48. The fraction of sp³-hybridized carbons (Fsp3) is 0.625. The molecule has 1 heterocycles. The number of aryl methyl sites for hydroxylation is 1. The molecule has 1 aliphatic rings. The largest absolute Gasteiger partial charge is 0.493 e. The Balaban J connectivity index is 1.83. The third-order valence-corrected chi connectivity index (χ3v) is 3.89. The fourth-order valence-corrected chi connectivity index (χ4v) is 2.48. The van der Waals surface area contributed by atoms with Crippen LogP contribution in [0, 0.1) is 5.92 Å². The zero-order valence-corrected chi connectivity index (χ0v) is 11.5. The molecule has 0 spiro atoms. The smallest absolute Gasteiger partial charge is 0.122 e. The van der Waals surface area contributed by atoms with Crippen LogP contribution in [-0.4, -0.2) is 17.8 Å². The second-order valence-electron chi connectivity index (χ2n) is 5.48. The summed E-state index contributed by atoms with van der Waals surface area (Å²) in [5.74, 6) is 1.66. The molecular weight excluding hydrogens is 224 g/mol. The molecule has 0 saturated carbocycles. The van der Waals surface area contributed by atoms with Gasteiger partial charge in [0.1, 0.15) is 5.75 Å². The van der Waals surface area contributed by atoms with Gasteiger partial charge in [0.15, 0.2) is 0 Å². The summed E-state index contributed by atoms with van der Waals surface area (Å²) in [4.78, 5) is 0. The van der Waals surface area contributed by atoms with Gasteiger partial charge in [-0.25, -0.2) is 0 Å². The van der Waals surface area contributed by atoms with E-state index < -0.39 is 0 Å². The van der Waals surface area contributed by atoms with Crippen molar-refractivity contribution >= 4 is 0 Å². The topological polar surface area (TPSA) is 29.5 Å². The van der Waals surface area contributed by atoms with E-state index in [4.69, 9.17) is 4.74 Å². The molecule has 0 aliphatic carbocycles. The lowest BCUT2D eigenvalue weighted by atomic mass is 9.96. The molecular formula is C16H24O2. The van der Waals surface area contributed by atoms with Gasteiger partial charge >= 0.3 is 0 Å². The molecule has 100 valence electrons. The van der Waals surface area contributed by atoms with Gasteiger partial charge in [-0.3, -0.25) is 0 Å². The molecule has 0 amide bonds. The quantitative estimate of drug-likeness (QED) is 0.836. The van der Waals surface area contributed by atoms with Crippen LogP contribution in [0.5, 0.6) is 5.75 Å². The maximum atomic E-state index is 9.98. The van der Waals surface area contributed by atoms with E-state index in [2.05, 4.69) is 32.0 Å². The van der Waals surface area contributed by atoms with Gasteiger partial charge in [0.25, 0.3) is 0 Å². The molecule has 1 aromatic rings. The minimum absolute atomic E-state index is 0.163. The van der Waals surface area contributed by atoms with Crippen molar-refractivity contribution in [2.24, 2.45) is 5.92 Å². The second kappa shape index (κ2) is 6.24. The van der Waals surface area contributed by atoms with Crippen LogP contribution in [0.1, 0.15) is 44.2 Å². The van der Waals surface area contributed by atoms with Gasteiger partial charge in [0, 0.05) is 6.42 Å². The molecule has 0 fully saturated rings. The Kier molecular flexibility index (Phi) is 4.65. The summed E-state index contributed by atoms with van der Waals surface area (Å²) >= 11 is 0. The first-order valence-corrected chi connectivity index (χ1v) is 7.11. The molecule has 2 rings (SSSR count). The molecule has 1 N–H and O–H groups in total. The standard InChI is InChI=1S/C16H24O2/c1-3-12(2)10-15(17)6-4-13-5-7-16-14(11-13)8-9-18-16/h5,7,11-12,15,17H,3-4,6,8-10H2,1-2H3. The highest BCUT2D eigenvalue weighted by Crippen LogP contribution is 2.26. The van der Waals surface area contributed by atoms with Crippen LogP contribution in [0.4, 0.5) is 0 Å². The summed E-state index contributed by atoms with van der Waals surface area (Å²) in [5.41, 5.74) is 2.64. The van der Waals surface area contributed by atoms with E-state index in [-0.39, 0.29) is 6.10 Å². The summed E-state index contributed by atoms with van der Waals surface area (Å²) in [7, 11) is 0. The van der Waals surface area contributed by atoms with E-state index in [9.17, 15) is 5.11 Å². The minimum Gasteiger partial charge on any atom is -0.493 e. The van der Waals surface area contributed by atoms with E-state index in [1.54, 1.807) is 0 Å². The molecule has 2 atom stereocenters. The van der Waals surface area contributed by atoms with Gasteiger partial charge < -0.3 is 9.84 Å². The van der Waals surface area contributed by atoms with E-state index in [1.165, 1.54) is 11.1 Å². The van der Waals surface area contributed by atoms with E-state index in [0.717, 1.165) is 44.5 Å². The SMILES string of the molecule is CCC(C)CC(O)CCc1ccc2c(c1)CCO2. The molecule has 2 nitrogen and oxygen atoms in total. The van der Waals surface area contributed by atoms with Crippen LogP contribution in [0.2, 0.25) is 0 Å². The molecule has 2 heteroatoms. The number of hydrogen-bond donors (Lipinski definition) is 1. The van der Waals surface area contributed by atoms with E-state index in [0.29, 0.717) is 5.92 Å². The highest BCUT2D eigenvalue weighted by Gasteiger charge is 2.13. The summed E-state index contributed by atoms with van der Waals surface area (Å²) in [6.07, 6.45) is 4.76. The van der Waals surface area contributed by atoms with Gasteiger partial charge in [-0.2, -0.15) is 0 Å². The summed E-state index contributed by atoms with van der Waals surface area (Å²) < 4.78 is 5.50. The van der Waals surface area contributed by atoms with Crippen molar-refractivity contribution in [2.75, 3.05) is 6.61 Å². The minimum atomic E-state index is -0.163. The first-order valence-electron chi connectivity index (χ1n) is 7.11. The van der Waals surface area contributed by atoms with Crippen LogP contribution in [0.3, 0.4) is 0 Å². The Hall–Kier alpha value is -1.02. The zero-order chi connectivity index (χ0) is 13.0. The number of ether oxygens (including phenoxy) is 1. The predicted molar refractivity (Wildman–Crippen MR) is 74.0 cm³/mol. The first kappa shape index (κ1) is 13.4. The normalized spacial score (nSPS) is 17.1. The Labute approximate surface area is 110 Å². The Morgan fingerprint density at radius 1 is 1.39 bits per heavy atom. The van der Waals surface area contributed by atoms with Crippen LogP contribution < -0.4 is 4.74 Å². The van der Waals surface area contributed by atoms with E-state index >= 15 is 0 Å². The van der Waals surface area contributed by atoms with Gasteiger partial charge in [0.2, 0.25) is 0 Å². The molecule has 0 saturated heterocycles. The highest BCUT2D eigenvalue weighted by molar-refractivity contribution is 5.39. The summed E-state index contributed by atoms with van der Waals surface area (Å²) in [6, 6.07) is 6.43. The average Bonchev–Trinajstić information content (AvgIpc) is 2.83. The molecule has 18 heavy (non-hydrogen) atoms. The average molecular weight is 248 g/mol. The summed E-state index contributed by atoms with van der Waals surface area (Å²) in [5, 5.41) is 9.98. The van der Waals surface area contributed by atoms with Gasteiger partial charge in [-0.15, -0.1) is 0 Å². The van der Waals surface area contributed by atoms with Crippen molar-refractivity contribution in [3.8, 4) is 5.75 Å². The first-order chi connectivity index (χ1) is 8.69. The van der Waals surface area contributed by atoms with Crippen LogP contribution in [0.15, 0.2) is 18.2 Å². The monoisotopic (exact) mass is 248 g/mol. The fourth-order valence-electron chi connectivity index (χ4n) is 2.48. The summed E-state index contributed by atoms with van der Waals surface area (Å²) in [6.45, 7) is 5.20. The lowest BCUT2D eigenvalue weighted by molar-refractivity contribution is 0.135. The lowest BCUT2D eigenvalue weighted by Gasteiger charge is -2.15. The van der Waals surface area contributed by atoms with Crippen LogP contribution in [-0.2, 0) is 12.8 Å². The van der Waals surface area contributed by atoms with Gasteiger partial charge in [-0.1, -0.05) is 32.4 Å². The highest BCUT2D eigenvalue weighted by atomic mass is 16.5.